The Hall–Kier alpha value is -2.03. The van der Waals surface area contributed by atoms with Gasteiger partial charge in [-0.3, -0.25) is 0 Å². The minimum absolute atomic E-state index is 0.00750. The molecule has 0 aromatic carbocycles. The molecule has 2 atom stereocenters. The lowest BCUT2D eigenvalue weighted by atomic mass is 9.63. The van der Waals surface area contributed by atoms with Crippen LogP contribution in [-0.2, 0) is 19.1 Å². The van der Waals surface area contributed by atoms with Gasteiger partial charge in [0.05, 0.1) is 19.7 Å². The van der Waals surface area contributed by atoms with E-state index >= 15 is 0 Å². The van der Waals surface area contributed by atoms with Crippen LogP contribution in [-0.4, -0.2) is 37.8 Å². The van der Waals surface area contributed by atoms with E-state index in [0.29, 0.717) is 6.54 Å². The largest absolute Gasteiger partial charge is 0.466 e. The van der Waals surface area contributed by atoms with Crippen LogP contribution in [0.4, 0.5) is 0 Å². The Morgan fingerprint density at radius 3 is 2.36 bits per heavy atom. The summed E-state index contributed by atoms with van der Waals surface area (Å²) in [5, 5.41) is 0. The second kappa shape index (κ2) is 9.08. The summed E-state index contributed by atoms with van der Waals surface area (Å²) in [4.78, 5) is 37.9. The van der Waals surface area contributed by atoms with Gasteiger partial charge in [0.25, 0.3) is 0 Å². The van der Waals surface area contributed by atoms with Crippen LogP contribution in [0.2, 0.25) is 0 Å². The zero-order chi connectivity index (χ0) is 17.2. The van der Waals surface area contributed by atoms with Gasteiger partial charge in [0.1, 0.15) is 0 Å². The normalized spacial score (nSPS) is 25.4. The number of esters is 1. The van der Waals surface area contributed by atoms with E-state index in [1.54, 1.807) is 12.2 Å². The SMILES string of the molecule is C=CC(=O)OC.CC1(C)CC(N=C=O)CC(C)(CN=C=O)C1. The molecule has 1 fully saturated rings. The Morgan fingerprint density at radius 1 is 1.32 bits per heavy atom. The smallest absolute Gasteiger partial charge is 0.329 e. The van der Waals surface area contributed by atoms with E-state index in [1.165, 1.54) is 7.11 Å². The maximum absolute atomic E-state index is 10.3. The first-order valence-electron chi connectivity index (χ1n) is 7.03. The van der Waals surface area contributed by atoms with Crippen molar-refractivity contribution in [2.45, 2.75) is 46.1 Å². The van der Waals surface area contributed by atoms with Crippen molar-refractivity contribution in [1.29, 1.82) is 0 Å². The van der Waals surface area contributed by atoms with Gasteiger partial charge in [0, 0.05) is 6.08 Å². The summed E-state index contributed by atoms with van der Waals surface area (Å²) in [7, 11) is 1.31. The van der Waals surface area contributed by atoms with Crippen molar-refractivity contribution < 1.29 is 19.1 Å². The molecule has 6 heteroatoms. The summed E-state index contributed by atoms with van der Waals surface area (Å²) in [6, 6.07) is 0.00750. The van der Waals surface area contributed by atoms with Crippen LogP contribution in [0.25, 0.3) is 0 Å². The zero-order valence-corrected chi connectivity index (χ0v) is 13.7. The summed E-state index contributed by atoms with van der Waals surface area (Å²) >= 11 is 0. The fraction of sp³-hybridized carbons (Fsp3) is 0.688. The highest BCUT2D eigenvalue weighted by Gasteiger charge is 2.41. The number of ether oxygens (including phenoxy) is 1. The first kappa shape index (κ1) is 20.0. The molecule has 22 heavy (non-hydrogen) atoms. The van der Waals surface area contributed by atoms with Gasteiger partial charge in [0.2, 0.25) is 12.2 Å². The zero-order valence-electron chi connectivity index (χ0n) is 13.7. The van der Waals surface area contributed by atoms with Crippen LogP contribution in [0.5, 0.6) is 0 Å². The maximum atomic E-state index is 10.3. The molecule has 1 aliphatic rings. The van der Waals surface area contributed by atoms with Crippen LogP contribution < -0.4 is 0 Å². The van der Waals surface area contributed by atoms with E-state index in [4.69, 9.17) is 0 Å². The van der Waals surface area contributed by atoms with Gasteiger partial charge in [-0.2, -0.15) is 0 Å². The van der Waals surface area contributed by atoms with Gasteiger partial charge in [0.15, 0.2) is 0 Å². The van der Waals surface area contributed by atoms with Gasteiger partial charge in [-0.25, -0.2) is 24.4 Å². The van der Waals surface area contributed by atoms with E-state index in [1.807, 2.05) is 0 Å². The molecule has 0 bridgehead atoms. The highest BCUT2D eigenvalue weighted by atomic mass is 16.5. The van der Waals surface area contributed by atoms with E-state index in [0.717, 1.165) is 25.3 Å². The maximum Gasteiger partial charge on any atom is 0.329 e. The summed E-state index contributed by atoms with van der Waals surface area (Å²) in [5.74, 6) is -0.394. The van der Waals surface area contributed by atoms with Crippen molar-refractivity contribution >= 4 is 18.1 Å². The highest BCUT2D eigenvalue weighted by Crippen LogP contribution is 2.47. The second-order valence-electron chi connectivity index (χ2n) is 6.57. The number of methoxy groups -OCH3 is 1. The number of nitrogens with zero attached hydrogens (tertiary/aromatic N) is 2. The fourth-order valence-corrected chi connectivity index (χ4v) is 3.17. The van der Waals surface area contributed by atoms with E-state index in [9.17, 15) is 14.4 Å². The minimum atomic E-state index is -0.394. The number of isocyanates is 2. The van der Waals surface area contributed by atoms with Crippen LogP contribution in [0, 0.1) is 10.8 Å². The third-order valence-electron chi connectivity index (χ3n) is 3.55. The molecule has 0 heterocycles. The summed E-state index contributed by atoms with van der Waals surface area (Å²) < 4.78 is 4.14. The Labute approximate surface area is 131 Å². The van der Waals surface area contributed by atoms with Crippen LogP contribution in [0.3, 0.4) is 0 Å². The predicted molar refractivity (Wildman–Crippen MR) is 82.9 cm³/mol. The standard InChI is InChI=1S/C12H18N2O2.C4H6O2/c1-11(2)4-10(14-9-16)5-12(3,6-11)7-13-8-15;1-3-4(5)6-2/h10H,4-7H2,1-3H3;3H,1H2,2H3. The molecule has 0 saturated heterocycles. The van der Waals surface area contributed by atoms with Crippen molar-refractivity contribution in [2.75, 3.05) is 13.7 Å². The average molecular weight is 308 g/mol. The lowest BCUT2D eigenvalue weighted by molar-refractivity contribution is -0.134. The molecular weight excluding hydrogens is 284 g/mol. The van der Waals surface area contributed by atoms with Gasteiger partial charge in [-0.1, -0.05) is 27.4 Å². The van der Waals surface area contributed by atoms with Crippen LogP contribution in [0.1, 0.15) is 40.0 Å². The number of carbonyl (C=O) groups is 1. The first-order valence-corrected chi connectivity index (χ1v) is 7.03. The molecule has 6 nitrogen and oxygen atoms in total. The quantitative estimate of drug-likeness (QED) is 0.346. The predicted octanol–water partition coefficient (Wildman–Crippen LogP) is 2.59. The molecule has 0 aromatic rings. The van der Waals surface area contributed by atoms with Crippen molar-refractivity contribution in [3.8, 4) is 0 Å². The van der Waals surface area contributed by atoms with Crippen LogP contribution in [0.15, 0.2) is 22.6 Å². The molecule has 0 aliphatic heterocycles. The lowest BCUT2D eigenvalue weighted by Gasteiger charge is -2.44. The molecule has 1 rings (SSSR count). The summed E-state index contributed by atoms with van der Waals surface area (Å²) in [6.45, 7) is 10.0. The van der Waals surface area contributed by atoms with Gasteiger partial charge in [-0.05, 0) is 30.1 Å². The summed E-state index contributed by atoms with van der Waals surface area (Å²) in [6.07, 6.45) is 6.99. The number of aliphatic imine (C=N–C) groups is 2. The number of carbonyl (C=O) groups excluding carboxylic acids is 3. The third-order valence-corrected chi connectivity index (χ3v) is 3.55. The molecule has 0 radical (unpaired) electrons. The van der Waals surface area contributed by atoms with Crippen molar-refractivity contribution in [1.82, 2.24) is 0 Å². The number of hydrogen-bond donors (Lipinski definition) is 0. The van der Waals surface area contributed by atoms with E-state index < -0.39 is 5.97 Å². The Balaban J connectivity index is 0.000000626. The summed E-state index contributed by atoms with van der Waals surface area (Å²) in [5.41, 5.74) is 0.0561. The minimum Gasteiger partial charge on any atom is -0.466 e. The average Bonchev–Trinajstić information content (AvgIpc) is 2.43. The third kappa shape index (κ3) is 7.67. The molecule has 0 aromatic heterocycles. The fourth-order valence-electron chi connectivity index (χ4n) is 3.17. The molecule has 0 N–H and O–H groups in total. The lowest BCUT2D eigenvalue weighted by Crippen LogP contribution is -2.39. The molecule has 0 amide bonds. The van der Waals surface area contributed by atoms with Crippen molar-refractivity contribution in [2.24, 2.45) is 20.8 Å². The van der Waals surface area contributed by atoms with Crippen LogP contribution >= 0.6 is 0 Å². The monoisotopic (exact) mass is 308 g/mol. The highest BCUT2D eigenvalue weighted by molar-refractivity contribution is 5.80. The Bertz CT molecular complexity index is 488. The number of hydrogen-bond acceptors (Lipinski definition) is 6. The van der Waals surface area contributed by atoms with Gasteiger partial charge < -0.3 is 4.74 Å². The van der Waals surface area contributed by atoms with Crippen molar-refractivity contribution in [3.63, 3.8) is 0 Å². The van der Waals surface area contributed by atoms with Gasteiger partial charge in [-0.15, -0.1) is 0 Å². The first-order chi connectivity index (χ1) is 10.2. The second-order valence-corrected chi connectivity index (χ2v) is 6.57. The molecule has 1 saturated carbocycles. The number of rotatable bonds is 4. The Morgan fingerprint density at radius 2 is 1.95 bits per heavy atom. The molecule has 2 unspecified atom stereocenters. The van der Waals surface area contributed by atoms with Gasteiger partial charge >= 0.3 is 5.97 Å². The topological polar surface area (TPSA) is 85.2 Å². The molecule has 1 aliphatic carbocycles. The molecular formula is C16H24N2O4. The molecule has 122 valence electrons. The Kier molecular flexibility index (Phi) is 8.24. The van der Waals surface area contributed by atoms with E-state index in [-0.39, 0.29) is 16.9 Å². The van der Waals surface area contributed by atoms with Crippen molar-refractivity contribution in [3.05, 3.63) is 12.7 Å². The van der Waals surface area contributed by atoms with E-state index in [2.05, 4.69) is 42.1 Å². The molecule has 0 spiro atoms.